The molecule has 10 heteroatoms. The first-order valence-corrected chi connectivity index (χ1v) is 11.4. The van der Waals surface area contributed by atoms with Gasteiger partial charge in [-0.1, -0.05) is 12.8 Å². The molecular weight excluding hydrogens is 420 g/mol. The Morgan fingerprint density at radius 1 is 1.26 bits per heavy atom. The Kier molecular flexibility index (Phi) is 5.59. The maximum Gasteiger partial charge on any atom is 0.325 e. The van der Waals surface area contributed by atoms with Gasteiger partial charge in [-0.05, 0) is 45.6 Å². The van der Waals surface area contributed by atoms with Gasteiger partial charge in [0.15, 0.2) is 11.9 Å². The molecule has 0 bridgehead atoms. The number of hydrogen-bond donors (Lipinski definition) is 2. The van der Waals surface area contributed by atoms with Gasteiger partial charge in [0.25, 0.3) is 11.5 Å². The summed E-state index contributed by atoms with van der Waals surface area (Å²) in [5.74, 6) is -0.367. The van der Waals surface area contributed by atoms with E-state index in [4.69, 9.17) is 4.74 Å². The van der Waals surface area contributed by atoms with Gasteiger partial charge in [-0.25, -0.2) is 9.78 Å². The summed E-state index contributed by atoms with van der Waals surface area (Å²) in [6, 6.07) is -0.384. The van der Waals surface area contributed by atoms with Crippen molar-refractivity contribution in [2.45, 2.75) is 70.9 Å². The molecule has 9 nitrogen and oxygen atoms in total. The van der Waals surface area contributed by atoms with Crippen LogP contribution in [0.5, 0.6) is 0 Å². The van der Waals surface area contributed by atoms with Gasteiger partial charge < -0.3 is 15.0 Å². The van der Waals surface area contributed by atoms with Crippen LogP contribution in [-0.4, -0.2) is 44.9 Å². The Bertz CT molecular complexity index is 1110. The molecule has 1 unspecified atom stereocenters. The van der Waals surface area contributed by atoms with E-state index >= 15 is 0 Å². The molecule has 2 N–H and O–H groups in total. The summed E-state index contributed by atoms with van der Waals surface area (Å²) >= 11 is 1.43. The standard InChI is InChI=1S/C21H26N4O5S/c1-11-13(3)31-18-15(11)17(27)22-16(23-18)12(2)30-14(26)7-6-10-25-19(28)21(24-20(25)29)8-4-5-9-21/h12H,4-10H2,1-3H3,(H,24,29)(H,22,23,27). The smallest absolute Gasteiger partial charge is 0.325 e. The van der Waals surface area contributed by atoms with Crippen molar-refractivity contribution in [2.24, 2.45) is 0 Å². The minimum absolute atomic E-state index is 0.0537. The fourth-order valence-electron chi connectivity index (χ4n) is 4.35. The summed E-state index contributed by atoms with van der Waals surface area (Å²) in [5, 5.41) is 3.39. The number of amides is 3. The number of nitrogens with zero attached hydrogens (tertiary/aromatic N) is 2. The number of nitrogens with one attached hydrogen (secondary N) is 2. The molecule has 1 aliphatic carbocycles. The highest BCUT2D eigenvalue weighted by atomic mass is 32.1. The number of carbonyl (C=O) groups excluding carboxylic acids is 3. The fraction of sp³-hybridized carbons (Fsp3) is 0.571. The summed E-state index contributed by atoms with van der Waals surface area (Å²) in [7, 11) is 0. The summed E-state index contributed by atoms with van der Waals surface area (Å²) in [5.41, 5.74) is -0.0742. The van der Waals surface area contributed by atoms with Gasteiger partial charge in [0.1, 0.15) is 10.4 Å². The maximum atomic E-state index is 12.6. The van der Waals surface area contributed by atoms with Gasteiger partial charge in [-0.3, -0.25) is 19.3 Å². The van der Waals surface area contributed by atoms with Crippen LogP contribution in [0.15, 0.2) is 4.79 Å². The molecule has 1 aliphatic heterocycles. The first kappa shape index (κ1) is 21.5. The number of esters is 1. The second-order valence-corrected chi connectivity index (χ2v) is 9.53. The number of H-pyrrole nitrogens is 1. The lowest BCUT2D eigenvalue weighted by Gasteiger charge is -2.20. The predicted octanol–water partition coefficient (Wildman–Crippen LogP) is 2.85. The van der Waals surface area contributed by atoms with Crippen LogP contribution in [0.3, 0.4) is 0 Å². The van der Waals surface area contributed by atoms with E-state index in [-0.39, 0.29) is 30.5 Å². The fourth-order valence-corrected chi connectivity index (χ4v) is 5.39. The van der Waals surface area contributed by atoms with Crippen LogP contribution in [-0.2, 0) is 14.3 Å². The lowest BCUT2D eigenvalue weighted by Crippen LogP contribution is -2.44. The highest BCUT2D eigenvalue weighted by Gasteiger charge is 2.52. The number of imide groups is 1. The predicted molar refractivity (Wildman–Crippen MR) is 115 cm³/mol. The third-order valence-corrected chi connectivity index (χ3v) is 7.32. The van der Waals surface area contributed by atoms with Crippen molar-refractivity contribution in [3.05, 3.63) is 26.6 Å². The van der Waals surface area contributed by atoms with Crippen molar-refractivity contribution < 1.29 is 19.1 Å². The zero-order chi connectivity index (χ0) is 22.3. The quantitative estimate of drug-likeness (QED) is 0.520. The van der Waals surface area contributed by atoms with Gasteiger partial charge in [-0.2, -0.15) is 0 Å². The molecule has 3 heterocycles. The molecule has 31 heavy (non-hydrogen) atoms. The van der Waals surface area contributed by atoms with E-state index in [0.29, 0.717) is 35.3 Å². The van der Waals surface area contributed by atoms with Crippen LogP contribution in [0.1, 0.15) is 67.8 Å². The Morgan fingerprint density at radius 2 is 1.97 bits per heavy atom. The lowest BCUT2D eigenvalue weighted by molar-refractivity contribution is -0.149. The zero-order valence-electron chi connectivity index (χ0n) is 17.9. The Balaban J connectivity index is 1.33. The van der Waals surface area contributed by atoms with Crippen LogP contribution >= 0.6 is 11.3 Å². The summed E-state index contributed by atoms with van der Waals surface area (Å²) in [6.45, 7) is 5.64. The van der Waals surface area contributed by atoms with Crippen LogP contribution in [0, 0.1) is 13.8 Å². The average Bonchev–Trinajstić information content (AvgIpc) is 3.35. The minimum atomic E-state index is -0.735. The van der Waals surface area contributed by atoms with E-state index in [2.05, 4.69) is 15.3 Å². The molecule has 3 amide bonds. The van der Waals surface area contributed by atoms with Gasteiger partial charge >= 0.3 is 12.0 Å². The molecule has 2 aliphatic rings. The van der Waals surface area contributed by atoms with Crippen LogP contribution in [0.2, 0.25) is 0 Å². The number of thiophene rings is 1. The van der Waals surface area contributed by atoms with Gasteiger partial charge in [-0.15, -0.1) is 11.3 Å². The second kappa shape index (κ2) is 8.07. The summed E-state index contributed by atoms with van der Waals surface area (Å²) < 4.78 is 5.42. The zero-order valence-corrected chi connectivity index (χ0v) is 18.7. The number of urea groups is 1. The van der Waals surface area contributed by atoms with E-state index in [1.165, 1.54) is 16.2 Å². The molecule has 2 fully saturated rings. The van der Waals surface area contributed by atoms with E-state index in [1.54, 1.807) is 6.92 Å². The van der Waals surface area contributed by atoms with Gasteiger partial charge in [0.05, 0.1) is 5.39 Å². The van der Waals surface area contributed by atoms with Crippen LogP contribution in [0.25, 0.3) is 10.2 Å². The average molecular weight is 447 g/mol. The van der Waals surface area contributed by atoms with Crippen molar-refractivity contribution in [3.63, 3.8) is 0 Å². The first-order valence-electron chi connectivity index (χ1n) is 10.6. The van der Waals surface area contributed by atoms with E-state index in [9.17, 15) is 19.2 Å². The van der Waals surface area contributed by atoms with Crippen molar-refractivity contribution in [1.82, 2.24) is 20.2 Å². The number of carbonyl (C=O) groups is 3. The SMILES string of the molecule is Cc1sc2nc(C(C)OC(=O)CCCN3C(=O)NC4(CCCC4)C3=O)[nH]c(=O)c2c1C. The molecule has 1 atom stereocenters. The van der Waals surface area contributed by atoms with E-state index in [0.717, 1.165) is 23.3 Å². The number of hydrogen-bond acceptors (Lipinski definition) is 7. The number of ether oxygens (including phenoxy) is 1. The molecular formula is C21H26N4O5S. The van der Waals surface area contributed by atoms with E-state index < -0.39 is 17.6 Å². The molecule has 166 valence electrons. The molecule has 0 aromatic carbocycles. The molecule has 1 saturated heterocycles. The topological polar surface area (TPSA) is 121 Å². The molecule has 4 rings (SSSR count). The first-order chi connectivity index (χ1) is 14.7. The lowest BCUT2D eigenvalue weighted by atomic mass is 9.98. The molecule has 2 aromatic rings. The minimum Gasteiger partial charge on any atom is -0.454 e. The van der Waals surface area contributed by atoms with E-state index in [1.807, 2.05) is 13.8 Å². The number of aryl methyl sites for hydroxylation is 2. The Hall–Kier alpha value is -2.75. The van der Waals surface area contributed by atoms with Crippen molar-refractivity contribution in [3.8, 4) is 0 Å². The normalized spacial score (nSPS) is 18.7. The van der Waals surface area contributed by atoms with Crippen molar-refractivity contribution in [2.75, 3.05) is 6.54 Å². The summed E-state index contributed by atoms with van der Waals surface area (Å²) in [6.07, 6.45) is 2.85. The Labute approximate surface area is 183 Å². The van der Waals surface area contributed by atoms with Crippen LogP contribution < -0.4 is 10.9 Å². The highest BCUT2D eigenvalue weighted by molar-refractivity contribution is 7.18. The molecule has 1 saturated carbocycles. The van der Waals surface area contributed by atoms with Crippen molar-refractivity contribution in [1.29, 1.82) is 0 Å². The molecule has 0 radical (unpaired) electrons. The third-order valence-electron chi connectivity index (χ3n) is 6.22. The molecule has 1 spiro atoms. The monoisotopic (exact) mass is 446 g/mol. The Morgan fingerprint density at radius 3 is 2.68 bits per heavy atom. The maximum absolute atomic E-state index is 12.6. The number of aromatic nitrogens is 2. The third kappa shape index (κ3) is 3.84. The van der Waals surface area contributed by atoms with Gasteiger partial charge in [0.2, 0.25) is 0 Å². The number of fused-ring (bicyclic) bond motifs is 1. The van der Waals surface area contributed by atoms with Crippen molar-refractivity contribution >= 4 is 39.5 Å². The number of aromatic amines is 1. The summed E-state index contributed by atoms with van der Waals surface area (Å²) in [4.78, 5) is 59.5. The largest absolute Gasteiger partial charge is 0.454 e. The van der Waals surface area contributed by atoms with Gasteiger partial charge in [0, 0.05) is 17.8 Å². The highest BCUT2D eigenvalue weighted by Crippen LogP contribution is 2.35. The second-order valence-electron chi connectivity index (χ2n) is 8.33. The number of rotatable bonds is 6. The van der Waals surface area contributed by atoms with Crippen LogP contribution in [0.4, 0.5) is 4.79 Å². The molecule has 2 aromatic heterocycles.